The van der Waals surface area contributed by atoms with Crippen LogP contribution in [0.4, 0.5) is 4.39 Å². The number of halogens is 2. The number of hydrogen-bond donors (Lipinski definition) is 2. The van der Waals surface area contributed by atoms with Crippen molar-refractivity contribution in [1.29, 1.82) is 0 Å². The van der Waals surface area contributed by atoms with Gasteiger partial charge in [0.15, 0.2) is 0 Å². The molecule has 1 aromatic rings. The first-order valence-corrected chi connectivity index (χ1v) is 4.37. The van der Waals surface area contributed by atoms with Gasteiger partial charge in [-0.2, -0.15) is 0 Å². The summed E-state index contributed by atoms with van der Waals surface area (Å²) >= 11 is 5.64. The third-order valence-electron chi connectivity index (χ3n) is 1.59. The molecule has 0 aliphatic rings. The van der Waals surface area contributed by atoms with Crippen molar-refractivity contribution < 1.29 is 14.3 Å². The number of amides is 1. The van der Waals surface area contributed by atoms with Gasteiger partial charge in [0.2, 0.25) is 0 Å². The smallest absolute Gasteiger partial charge is 0.255 e. The molecule has 5 heteroatoms. The summed E-state index contributed by atoms with van der Waals surface area (Å²) in [5.74, 6) is -1.30. The van der Waals surface area contributed by atoms with E-state index in [9.17, 15) is 9.18 Å². The van der Waals surface area contributed by atoms with Gasteiger partial charge in [-0.05, 0) is 12.1 Å². The molecule has 1 rings (SSSR count). The van der Waals surface area contributed by atoms with Crippen molar-refractivity contribution >= 4 is 17.5 Å². The van der Waals surface area contributed by atoms with Gasteiger partial charge in [0.25, 0.3) is 5.91 Å². The van der Waals surface area contributed by atoms with Crippen molar-refractivity contribution in [3.63, 3.8) is 0 Å². The van der Waals surface area contributed by atoms with Gasteiger partial charge in [-0.3, -0.25) is 4.79 Å². The van der Waals surface area contributed by atoms with Crippen LogP contribution >= 0.6 is 11.6 Å². The van der Waals surface area contributed by atoms with E-state index in [-0.39, 0.29) is 23.7 Å². The standard InChI is InChI=1S/C9H9ClFNO2/c10-6-2-1-3-7(11)8(6)9(14)12-4-5-13/h1-3,13H,4-5H2,(H,12,14). The molecule has 2 N–H and O–H groups in total. The number of rotatable bonds is 3. The van der Waals surface area contributed by atoms with Crippen LogP contribution in [0.3, 0.4) is 0 Å². The molecule has 0 aliphatic heterocycles. The van der Waals surface area contributed by atoms with E-state index in [0.29, 0.717) is 0 Å². The zero-order valence-corrected chi connectivity index (χ0v) is 8.01. The van der Waals surface area contributed by atoms with Gasteiger partial charge in [0.05, 0.1) is 17.2 Å². The average molecular weight is 218 g/mol. The summed E-state index contributed by atoms with van der Waals surface area (Å²) in [6.45, 7) is -0.124. The number of aliphatic hydroxyl groups excluding tert-OH is 1. The van der Waals surface area contributed by atoms with E-state index >= 15 is 0 Å². The zero-order valence-electron chi connectivity index (χ0n) is 7.26. The molecule has 3 nitrogen and oxygen atoms in total. The number of carbonyl (C=O) groups excluding carboxylic acids is 1. The van der Waals surface area contributed by atoms with E-state index in [2.05, 4.69) is 5.32 Å². The van der Waals surface area contributed by atoms with Gasteiger partial charge in [-0.15, -0.1) is 0 Å². The average Bonchev–Trinajstić information content (AvgIpc) is 2.14. The summed E-state index contributed by atoms with van der Waals surface area (Å²) in [7, 11) is 0. The third-order valence-corrected chi connectivity index (χ3v) is 1.90. The molecule has 0 spiro atoms. The van der Waals surface area contributed by atoms with Crippen LogP contribution in [0.2, 0.25) is 5.02 Å². The number of benzene rings is 1. The Bertz CT molecular complexity index is 323. The molecule has 0 bridgehead atoms. The maximum Gasteiger partial charge on any atom is 0.255 e. The number of carbonyl (C=O) groups is 1. The van der Waals surface area contributed by atoms with Crippen molar-refractivity contribution in [3.8, 4) is 0 Å². The summed E-state index contributed by atoms with van der Waals surface area (Å²) in [4.78, 5) is 11.3. The quantitative estimate of drug-likeness (QED) is 0.800. The molecule has 0 aliphatic carbocycles. The number of hydrogen-bond acceptors (Lipinski definition) is 2. The molecule has 1 amide bonds. The van der Waals surface area contributed by atoms with Gasteiger partial charge >= 0.3 is 0 Å². The highest BCUT2D eigenvalue weighted by atomic mass is 35.5. The maximum atomic E-state index is 13.1. The molecular formula is C9H9ClFNO2. The first kappa shape index (κ1) is 10.9. The topological polar surface area (TPSA) is 49.3 Å². The van der Waals surface area contributed by atoms with Crippen molar-refractivity contribution in [2.75, 3.05) is 13.2 Å². The molecule has 0 saturated carbocycles. The highest BCUT2D eigenvalue weighted by molar-refractivity contribution is 6.33. The fraction of sp³-hybridized carbons (Fsp3) is 0.222. The van der Waals surface area contributed by atoms with Crippen molar-refractivity contribution in [1.82, 2.24) is 5.32 Å². The Balaban J connectivity index is 2.89. The molecule has 14 heavy (non-hydrogen) atoms. The molecule has 76 valence electrons. The second-order valence-electron chi connectivity index (χ2n) is 2.58. The lowest BCUT2D eigenvalue weighted by molar-refractivity contribution is 0.0941. The molecule has 0 unspecified atom stereocenters. The predicted octanol–water partition coefficient (Wildman–Crippen LogP) is 1.20. The monoisotopic (exact) mass is 217 g/mol. The Morgan fingerprint density at radius 2 is 2.29 bits per heavy atom. The molecular weight excluding hydrogens is 209 g/mol. The van der Waals surface area contributed by atoms with Crippen LogP contribution in [0.5, 0.6) is 0 Å². The lowest BCUT2D eigenvalue weighted by atomic mass is 10.2. The fourth-order valence-electron chi connectivity index (χ4n) is 0.973. The van der Waals surface area contributed by atoms with Gasteiger partial charge in [-0.25, -0.2) is 4.39 Å². The lowest BCUT2D eigenvalue weighted by Crippen LogP contribution is -2.27. The third kappa shape index (κ3) is 2.43. The Morgan fingerprint density at radius 1 is 1.57 bits per heavy atom. The maximum absolute atomic E-state index is 13.1. The van der Waals surface area contributed by atoms with Gasteiger partial charge < -0.3 is 10.4 Å². The van der Waals surface area contributed by atoms with E-state index < -0.39 is 11.7 Å². The van der Waals surface area contributed by atoms with E-state index in [1.807, 2.05) is 0 Å². The SMILES string of the molecule is O=C(NCCO)c1c(F)cccc1Cl. The van der Waals surface area contributed by atoms with E-state index in [4.69, 9.17) is 16.7 Å². The number of aliphatic hydroxyl groups is 1. The van der Waals surface area contributed by atoms with Crippen LogP contribution in [0.25, 0.3) is 0 Å². The van der Waals surface area contributed by atoms with E-state index in [1.165, 1.54) is 12.1 Å². The highest BCUT2D eigenvalue weighted by Crippen LogP contribution is 2.18. The lowest BCUT2D eigenvalue weighted by Gasteiger charge is -2.05. The van der Waals surface area contributed by atoms with Crippen molar-refractivity contribution in [2.45, 2.75) is 0 Å². The van der Waals surface area contributed by atoms with Gasteiger partial charge in [-0.1, -0.05) is 17.7 Å². The molecule has 0 aromatic heterocycles. The molecule has 0 atom stereocenters. The molecule has 0 saturated heterocycles. The zero-order chi connectivity index (χ0) is 10.6. The van der Waals surface area contributed by atoms with Crippen LogP contribution in [-0.4, -0.2) is 24.2 Å². The number of nitrogens with one attached hydrogen (secondary N) is 1. The van der Waals surface area contributed by atoms with Crippen LogP contribution in [-0.2, 0) is 0 Å². The van der Waals surface area contributed by atoms with Crippen LogP contribution in [0.15, 0.2) is 18.2 Å². The Morgan fingerprint density at radius 3 is 2.86 bits per heavy atom. The molecule has 0 fully saturated rings. The summed E-state index contributed by atoms with van der Waals surface area (Å²) in [5, 5.41) is 10.8. The summed E-state index contributed by atoms with van der Waals surface area (Å²) in [6, 6.07) is 4.00. The molecule has 1 aromatic carbocycles. The van der Waals surface area contributed by atoms with Crippen LogP contribution in [0.1, 0.15) is 10.4 Å². The minimum absolute atomic E-state index is 0.0560. The van der Waals surface area contributed by atoms with E-state index in [0.717, 1.165) is 6.07 Å². The minimum Gasteiger partial charge on any atom is -0.395 e. The summed E-state index contributed by atoms with van der Waals surface area (Å²) in [5.41, 5.74) is -0.192. The summed E-state index contributed by atoms with van der Waals surface area (Å²) < 4.78 is 13.1. The van der Waals surface area contributed by atoms with Gasteiger partial charge in [0, 0.05) is 6.54 Å². The second-order valence-corrected chi connectivity index (χ2v) is 2.98. The van der Waals surface area contributed by atoms with Crippen molar-refractivity contribution in [3.05, 3.63) is 34.6 Å². The fourth-order valence-corrected chi connectivity index (χ4v) is 1.22. The minimum atomic E-state index is -0.673. The van der Waals surface area contributed by atoms with E-state index in [1.54, 1.807) is 0 Å². The predicted molar refractivity (Wildman–Crippen MR) is 50.8 cm³/mol. The van der Waals surface area contributed by atoms with Crippen LogP contribution < -0.4 is 5.32 Å². The van der Waals surface area contributed by atoms with Gasteiger partial charge in [0.1, 0.15) is 5.82 Å². The highest BCUT2D eigenvalue weighted by Gasteiger charge is 2.14. The Labute approximate surface area is 85.5 Å². The first-order valence-electron chi connectivity index (χ1n) is 4.00. The Hall–Kier alpha value is -1.13. The molecule has 0 heterocycles. The van der Waals surface area contributed by atoms with Crippen molar-refractivity contribution in [2.24, 2.45) is 0 Å². The normalized spacial score (nSPS) is 9.93. The second kappa shape index (κ2) is 4.93. The Kier molecular flexibility index (Phi) is 3.85. The largest absolute Gasteiger partial charge is 0.395 e. The van der Waals surface area contributed by atoms with Crippen LogP contribution in [0, 0.1) is 5.82 Å². The summed E-state index contributed by atoms with van der Waals surface area (Å²) in [6.07, 6.45) is 0. The first-order chi connectivity index (χ1) is 6.66. The molecule has 0 radical (unpaired) electrons.